The molecule has 1 nitrogen and oxygen atoms in total. The van der Waals surface area contributed by atoms with Gasteiger partial charge < -0.3 is 0 Å². The Morgan fingerprint density at radius 2 is 1.50 bits per heavy atom. The first-order valence-corrected chi connectivity index (χ1v) is 11.0. The second-order valence-electron chi connectivity index (χ2n) is 7.15. The summed E-state index contributed by atoms with van der Waals surface area (Å²) in [6.45, 7) is 19.1. The molecule has 26 heavy (non-hydrogen) atoms. The fraction of sp³-hybridized carbons (Fsp3) is 0.720. The molecule has 2 atom stereocenters. The van der Waals surface area contributed by atoms with E-state index in [2.05, 4.69) is 65.8 Å². The van der Waals surface area contributed by atoms with E-state index in [1.165, 1.54) is 36.8 Å². The molecule has 0 bridgehead atoms. The van der Waals surface area contributed by atoms with Crippen LogP contribution >= 0.6 is 0 Å². The molecule has 1 aromatic rings. The number of carbonyl (C=O) groups excluding carboxylic acids is 1. The minimum atomic E-state index is 0.248. The van der Waals surface area contributed by atoms with Gasteiger partial charge in [-0.25, -0.2) is 0 Å². The molecule has 1 aromatic carbocycles. The zero-order chi connectivity index (χ0) is 20.5. The summed E-state index contributed by atoms with van der Waals surface area (Å²) in [5.74, 6) is 1.97. The van der Waals surface area contributed by atoms with Gasteiger partial charge >= 0.3 is 0 Å². The van der Waals surface area contributed by atoms with Gasteiger partial charge in [-0.1, -0.05) is 111 Å². The lowest BCUT2D eigenvalue weighted by atomic mass is 9.77. The van der Waals surface area contributed by atoms with Crippen LogP contribution in [0.5, 0.6) is 0 Å². The SMILES string of the molecule is CC.CCCC(CCC)C(C)C(C)C(=O)CC.CCc1cccc(C)c1. The molecule has 152 valence electrons. The van der Waals surface area contributed by atoms with Gasteiger partial charge in [0.05, 0.1) is 0 Å². The van der Waals surface area contributed by atoms with Crippen LogP contribution in [0.1, 0.15) is 98.6 Å². The lowest BCUT2D eigenvalue weighted by Gasteiger charge is -2.27. The summed E-state index contributed by atoms with van der Waals surface area (Å²) >= 11 is 0. The molecule has 0 aromatic heterocycles. The Labute approximate surface area is 165 Å². The van der Waals surface area contributed by atoms with E-state index in [1.54, 1.807) is 0 Å². The Balaban J connectivity index is 0. The van der Waals surface area contributed by atoms with Crippen molar-refractivity contribution < 1.29 is 4.79 Å². The zero-order valence-electron chi connectivity index (χ0n) is 19.2. The summed E-state index contributed by atoms with van der Waals surface area (Å²) in [4.78, 5) is 11.7. The fourth-order valence-electron chi connectivity index (χ4n) is 3.37. The minimum absolute atomic E-state index is 0.248. The Kier molecular flexibility index (Phi) is 18.1. The van der Waals surface area contributed by atoms with E-state index in [9.17, 15) is 4.79 Å². The van der Waals surface area contributed by atoms with Crippen molar-refractivity contribution in [1.82, 2.24) is 0 Å². The van der Waals surface area contributed by atoms with Crippen molar-refractivity contribution in [3.63, 3.8) is 0 Å². The predicted octanol–water partition coefficient (Wildman–Crippen LogP) is 8.04. The Morgan fingerprint density at radius 3 is 1.85 bits per heavy atom. The third-order valence-electron chi connectivity index (χ3n) is 5.20. The molecule has 1 rings (SSSR count). The molecule has 0 heterocycles. The fourth-order valence-corrected chi connectivity index (χ4v) is 3.37. The smallest absolute Gasteiger partial charge is 0.135 e. The van der Waals surface area contributed by atoms with Crippen LogP contribution < -0.4 is 0 Å². The molecular formula is C25H46O. The van der Waals surface area contributed by atoms with E-state index in [0.29, 0.717) is 18.1 Å². The molecular weight excluding hydrogens is 316 g/mol. The van der Waals surface area contributed by atoms with Gasteiger partial charge in [0, 0.05) is 12.3 Å². The number of hydrogen-bond acceptors (Lipinski definition) is 1. The summed E-state index contributed by atoms with van der Waals surface area (Å²) in [6.07, 6.45) is 6.86. The highest BCUT2D eigenvalue weighted by Crippen LogP contribution is 2.29. The van der Waals surface area contributed by atoms with Crippen LogP contribution in [0.25, 0.3) is 0 Å². The van der Waals surface area contributed by atoms with Crippen LogP contribution in [0.15, 0.2) is 24.3 Å². The maximum absolute atomic E-state index is 11.7. The molecule has 0 aliphatic heterocycles. The molecule has 2 unspecified atom stereocenters. The van der Waals surface area contributed by atoms with E-state index in [0.717, 1.165) is 12.3 Å². The van der Waals surface area contributed by atoms with Crippen LogP contribution in [-0.2, 0) is 11.2 Å². The first-order valence-electron chi connectivity index (χ1n) is 11.0. The van der Waals surface area contributed by atoms with E-state index < -0.39 is 0 Å². The van der Waals surface area contributed by atoms with Crippen molar-refractivity contribution in [3.8, 4) is 0 Å². The molecule has 0 saturated heterocycles. The standard InChI is InChI=1S/C14H28O.C9H12.C2H6/c1-6-9-13(10-7-2)11(4)12(5)14(15)8-3;1-3-9-6-4-5-8(2)7-9;1-2/h11-13H,6-10H2,1-5H3;4-7H,3H2,1-2H3;1-2H3. The average Bonchev–Trinajstić information content (AvgIpc) is 2.68. The Morgan fingerprint density at radius 1 is 0.962 bits per heavy atom. The second kappa shape index (κ2) is 17.3. The minimum Gasteiger partial charge on any atom is -0.299 e. The van der Waals surface area contributed by atoms with Crippen molar-refractivity contribution in [2.75, 3.05) is 0 Å². The number of rotatable bonds is 9. The van der Waals surface area contributed by atoms with Gasteiger partial charge in [0.15, 0.2) is 0 Å². The maximum Gasteiger partial charge on any atom is 0.135 e. The largest absolute Gasteiger partial charge is 0.299 e. The molecule has 0 aliphatic carbocycles. The van der Waals surface area contributed by atoms with Crippen LogP contribution in [0.4, 0.5) is 0 Å². The molecule has 0 aliphatic rings. The lowest BCUT2D eigenvalue weighted by Crippen LogP contribution is -2.25. The van der Waals surface area contributed by atoms with Crippen LogP contribution in [0.3, 0.4) is 0 Å². The quantitative estimate of drug-likeness (QED) is 0.434. The summed E-state index contributed by atoms with van der Waals surface area (Å²) in [6, 6.07) is 8.61. The van der Waals surface area contributed by atoms with Crippen LogP contribution in [0.2, 0.25) is 0 Å². The van der Waals surface area contributed by atoms with Crippen molar-refractivity contribution in [2.24, 2.45) is 17.8 Å². The molecule has 0 saturated carbocycles. The van der Waals surface area contributed by atoms with Gasteiger partial charge in [0.2, 0.25) is 0 Å². The number of Topliss-reactive ketones (excluding diaryl/α,β-unsaturated/α-hetero) is 1. The Hall–Kier alpha value is -1.11. The van der Waals surface area contributed by atoms with Crippen LogP contribution in [0, 0.1) is 24.7 Å². The molecule has 0 N–H and O–H groups in total. The number of ketones is 1. The zero-order valence-corrected chi connectivity index (χ0v) is 19.2. The highest BCUT2D eigenvalue weighted by molar-refractivity contribution is 5.80. The van der Waals surface area contributed by atoms with Crippen molar-refractivity contribution >= 4 is 5.78 Å². The van der Waals surface area contributed by atoms with Crippen molar-refractivity contribution in [1.29, 1.82) is 0 Å². The number of hydrogen-bond donors (Lipinski definition) is 0. The Bertz CT molecular complexity index is 443. The summed E-state index contributed by atoms with van der Waals surface area (Å²) < 4.78 is 0. The van der Waals surface area contributed by atoms with E-state index in [1.807, 2.05) is 20.8 Å². The van der Waals surface area contributed by atoms with Crippen molar-refractivity contribution in [3.05, 3.63) is 35.4 Å². The summed E-state index contributed by atoms with van der Waals surface area (Å²) in [5.41, 5.74) is 2.78. The number of benzene rings is 1. The number of aryl methyl sites for hydroxylation is 2. The van der Waals surface area contributed by atoms with E-state index >= 15 is 0 Å². The van der Waals surface area contributed by atoms with Crippen LogP contribution in [-0.4, -0.2) is 5.78 Å². The first kappa shape index (κ1) is 27.1. The van der Waals surface area contributed by atoms with Gasteiger partial charge in [0.1, 0.15) is 5.78 Å². The van der Waals surface area contributed by atoms with Gasteiger partial charge in [-0.05, 0) is 30.7 Å². The van der Waals surface area contributed by atoms with Gasteiger partial charge in [-0.2, -0.15) is 0 Å². The third kappa shape index (κ3) is 11.5. The molecule has 1 heteroatoms. The third-order valence-corrected chi connectivity index (χ3v) is 5.20. The molecule has 0 amide bonds. The maximum atomic E-state index is 11.7. The highest BCUT2D eigenvalue weighted by Gasteiger charge is 2.25. The predicted molar refractivity (Wildman–Crippen MR) is 119 cm³/mol. The molecule has 0 fully saturated rings. The molecule has 0 radical (unpaired) electrons. The monoisotopic (exact) mass is 362 g/mol. The normalized spacial score (nSPS) is 12.4. The van der Waals surface area contributed by atoms with Gasteiger partial charge in [-0.3, -0.25) is 4.79 Å². The average molecular weight is 363 g/mol. The van der Waals surface area contributed by atoms with Crippen molar-refractivity contribution in [2.45, 2.75) is 101 Å². The highest BCUT2D eigenvalue weighted by atomic mass is 16.1. The number of carbonyl (C=O) groups is 1. The summed E-state index contributed by atoms with van der Waals surface area (Å²) in [5, 5.41) is 0. The summed E-state index contributed by atoms with van der Waals surface area (Å²) in [7, 11) is 0. The lowest BCUT2D eigenvalue weighted by molar-refractivity contribution is -0.124. The van der Waals surface area contributed by atoms with E-state index in [-0.39, 0.29) is 5.92 Å². The second-order valence-corrected chi connectivity index (χ2v) is 7.15. The van der Waals surface area contributed by atoms with Gasteiger partial charge in [-0.15, -0.1) is 0 Å². The van der Waals surface area contributed by atoms with Gasteiger partial charge in [0.25, 0.3) is 0 Å². The molecule has 0 spiro atoms. The first-order chi connectivity index (χ1) is 12.4. The topological polar surface area (TPSA) is 17.1 Å². The van der Waals surface area contributed by atoms with E-state index in [4.69, 9.17) is 0 Å².